The summed E-state index contributed by atoms with van der Waals surface area (Å²) in [5, 5.41) is 18.1. The largest absolute Gasteiger partial charge is 0.497 e. The fourth-order valence-electron chi connectivity index (χ4n) is 3.06. The van der Waals surface area contributed by atoms with Crippen molar-refractivity contribution in [1.29, 1.82) is 0 Å². The molecule has 30 heavy (non-hydrogen) atoms. The van der Waals surface area contributed by atoms with E-state index in [1.54, 1.807) is 37.4 Å². The molecule has 0 saturated carbocycles. The molecular formula is C24H28N2O4. The average Bonchev–Trinajstić information content (AvgIpc) is 2.76. The van der Waals surface area contributed by atoms with E-state index in [1.165, 1.54) is 0 Å². The first-order chi connectivity index (χ1) is 14.5. The van der Waals surface area contributed by atoms with E-state index in [1.807, 2.05) is 44.2 Å². The number of aliphatic hydroxyl groups is 1. The summed E-state index contributed by atoms with van der Waals surface area (Å²) in [6, 6.07) is 18.7. The number of hydrogen-bond acceptors (Lipinski definition) is 5. The van der Waals surface area contributed by atoms with Crippen molar-refractivity contribution < 1.29 is 19.4 Å². The highest BCUT2D eigenvalue weighted by Crippen LogP contribution is 2.31. The Hall–Kier alpha value is -3.09. The van der Waals surface area contributed by atoms with E-state index in [-0.39, 0.29) is 18.6 Å². The summed E-state index contributed by atoms with van der Waals surface area (Å²) in [5.41, 5.74) is 1.06. The van der Waals surface area contributed by atoms with Gasteiger partial charge in [0.1, 0.15) is 24.2 Å². The van der Waals surface area contributed by atoms with E-state index < -0.39 is 6.10 Å². The van der Waals surface area contributed by atoms with Crippen LogP contribution in [0.15, 0.2) is 60.7 Å². The highest BCUT2D eigenvalue weighted by molar-refractivity contribution is 6.10. The number of benzene rings is 3. The van der Waals surface area contributed by atoms with Gasteiger partial charge in [-0.25, -0.2) is 0 Å². The van der Waals surface area contributed by atoms with Gasteiger partial charge in [0.15, 0.2) is 0 Å². The minimum atomic E-state index is -0.691. The number of rotatable bonds is 9. The molecule has 0 fully saturated rings. The Kier molecular flexibility index (Phi) is 7.27. The van der Waals surface area contributed by atoms with Crippen molar-refractivity contribution in [3.63, 3.8) is 0 Å². The van der Waals surface area contributed by atoms with Crippen LogP contribution in [-0.4, -0.2) is 43.4 Å². The average molecular weight is 408 g/mol. The maximum absolute atomic E-state index is 13.0. The predicted octanol–water partition coefficient (Wildman–Crippen LogP) is 3.84. The second-order valence-corrected chi connectivity index (χ2v) is 7.37. The Morgan fingerprint density at radius 1 is 1.03 bits per heavy atom. The van der Waals surface area contributed by atoms with E-state index in [0.717, 1.165) is 10.8 Å². The second-order valence-electron chi connectivity index (χ2n) is 7.37. The zero-order valence-corrected chi connectivity index (χ0v) is 17.5. The van der Waals surface area contributed by atoms with Gasteiger partial charge in [-0.05, 0) is 35.7 Å². The van der Waals surface area contributed by atoms with Crippen LogP contribution >= 0.6 is 0 Å². The third-order valence-electron chi connectivity index (χ3n) is 4.65. The Bertz CT molecular complexity index is 986. The third-order valence-corrected chi connectivity index (χ3v) is 4.65. The first-order valence-corrected chi connectivity index (χ1v) is 9.99. The van der Waals surface area contributed by atoms with Gasteiger partial charge in [-0.15, -0.1) is 0 Å². The molecule has 0 spiro atoms. The van der Waals surface area contributed by atoms with E-state index in [0.29, 0.717) is 29.3 Å². The van der Waals surface area contributed by atoms with Gasteiger partial charge in [-0.3, -0.25) is 4.79 Å². The quantitative estimate of drug-likeness (QED) is 0.501. The predicted molar refractivity (Wildman–Crippen MR) is 120 cm³/mol. The topological polar surface area (TPSA) is 79.8 Å². The smallest absolute Gasteiger partial charge is 0.259 e. The molecule has 3 rings (SSSR count). The summed E-state index contributed by atoms with van der Waals surface area (Å²) in [4.78, 5) is 13.0. The fourth-order valence-corrected chi connectivity index (χ4v) is 3.06. The van der Waals surface area contributed by atoms with Crippen molar-refractivity contribution in [2.24, 2.45) is 0 Å². The zero-order chi connectivity index (χ0) is 21.5. The number of nitrogens with one attached hydrogen (secondary N) is 2. The van der Waals surface area contributed by atoms with Gasteiger partial charge < -0.3 is 25.2 Å². The van der Waals surface area contributed by atoms with Crippen LogP contribution in [-0.2, 0) is 0 Å². The molecule has 0 radical (unpaired) electrons. The highest BCUT2D eigenvalue weighted by Gasteiger charge is 2.17. The van der Waals surface area contributed by atoms with Crippen LogP contribution in [0, 0.1) is 0 Å². The van der Waals surface area contributed by atoms with Gasteiger partial charge in [0, 0.05) is 23.7 Å². The minimum absolute atomic E-state index is 0.0799. The number of aliphatic hydroxyl groups excluding tert-OH is 1. The minimum Gasteiger partial charge on any atom is -0.497 e. The van der Waals surface area contributed by atoms with Crippen molar-refractivity contribution in [2.75, 3.05) is 25.6 Å². The number of fused-ring (bicyclic) bond motifs is 1. The summed E-state index contributed by atoms with van der Waals surface area (Å²) < 4.78 is 11.1. The Labute approximate surface area is 176 Å². The molecule has 0 aliphatic carbocycles. The summed E-state index contributed by atoms with van der Waals surface area (Å²) in [6.07, 6.45) is -0.691. The number of methoxy groups -OCH3 is 1. The molecule has 1 amide bonds. The second kappa shape index (κ2) is 10.1. The molecular weight excluding hydrogens is 380 g/mol. The number of carbonyl (C=O) groups is 1. The van der Waals surface area contributed by atoms with Crippen LogP contribution < -0.4 is 20.1 Å². The molecule has 3 aromatic rings. The van der Waals surface area contributed by atoms with Crippen molar-refractivity contribution in [3.8, 4) is 11.5 Å². The molecule has 0 aliphatic rings. The van der Waals surface area contributed by atoms with Crippen molar-refractivity contribution in [1.82, 2.24) is 5.32 Å². The van der Waals surface area contributed by atoms with Gasteiger partial charge in [0.25, 0.3) is 5.91 Å². The standard InChI is InChI=1S/C24H28N2O4/c1-16(2)25-14-19(27)15-30-23-21-7-5-4-6-17(21)8-13-22(23)24(28)26-18-9-11-20(29-3)12-10-18/h4-13,16,19,25,27H,14-15H2,1-3H3,(H,26,28). The Morgan fingerprint density at radius 3 is 2.47 bits per heavy atom. The molecule has 1 unspecified atom stereocenters. The van der Waals surface area contributed by atoms with Crippen LogP contribution in [0.1, 0.15) is 24.2 Å². The molecule has 0 heterocycles. The molecule has 0 saturated heterocycles. The summed E-state index contributed by atoms with van der Waals surface area (Å²) in [6.45, 7) is 4.52. The monoisotopic (exact) mass is 408 g/mol. The van der Waals surface area contributed by atoms with Crippen LogP contribution in [0.25, 0.3) is 10.8 Å². The number of anilines is 1. The molecule has 6 heteroatoms. The molecule has 0 aromatic heterocycles. The SMILES string of the molecule is COc1ccc(NC(=O)c2ccc3ccccc3c2OCC(O)CNC(C)C)cc1. The molecule has 0 bridgehead atoms. The van der Waals surface area contributed by atoms with E-state index >= 15 is 0 Å². The Morgan fingerprint density at radius 2 is 1.77 bits per heavy atom. The Balaban J connectivity index is 1.83. The number of hydrogen-bond donors (Lipinski definition) is 3. The molecule has 3 aromatic carbocycles. The van der Waals surface area contributed by atoms with E-state index in [9.17, 15) is 9.90 Å². The van der Waals surface area contributed by atoms with Gasteiger partial charge in [0.2, 0.25) is 0 Å². The maximum atomic E-state index is 13.0. The normalized spacial score (nSPS) is 12.0. The van der Waals surface area contributed by atoms with Crippen LogP contribution in [0.5, 0.6) is 11.5 Å². The molecule has 1 atom stereocenters. The van der Waals surface area contributed by atoms with Gasteiger partial charge >= 0.3 is 0 Å². The zero-order valence-electron chi connectivity index (χ0n) is 17.5. The summed E-state index contributed by atoms with van der Waals surface area (Å²) in [7, 11) is 1.59. The van der Waals surface area contributed by atoms with Crippen molar-refractivity contribution in [3.05, 3.63) is 66.2 Å². The molecule has 0 aliphatic heterocycles. The molecule has 158 valence electrons. The van der Waals surface area contributed by atoms with E-state index in [2.05, 4.69) is 10.6 Å². The number of amides is 1. The first-order valence-electron chi connectivity index (χ1n) is 9.99. The third kappa shape index (κ3) is 5.49. The van der Waals surface area contributed by atoms with Crippen LogP contribution in [0.2, 0.25) is 0 Å². The molecule has 3 N–H and O–H groups in total. The van der Waals surface area contributed by atoms with Crippen LogP contribution in [0.3, 0.4) is 0 Å². The summed E-state index contributed by atoms with van der Waals surface area (Å²) >= 11 is 0. The first kappa shape index (κ1) is 21.6. The lowest BCUT2D eigenvalue weighted by Gasteiger charge is -2.18. The lowest BCUT2D eigenvalue weighted by Crippen LogP contribution is -2.35. The molecule has 6 nitrogen and oxygen atoms in total. The summed E-state index contributed by atoms with van der Waals surface area (Å²) in [5.74, 6) is 0.894. The van der Waals surface area contributed by atoms with Gasteiger partial charge in [-0.2, -0.15) is 0 Å². The number of carbonyl (C=O) groups excluding carboxylic acids is 1. The lowest BCUT2D eigenvalue weighted by atomic mass is 10.0. The number of ether oxygens (including phenoxy) is 2. The van der Waals surface area contributed by atoms with Crippen molar-refractivity contribution >= 4 is 22.4 Å². The van der Waals surface area contributed by atoms with Crippen molar-refractivity contribution in [2.45, 2.75) is 26.0 Å². The maximum Gasteiger partial charge on any atom is 0.259 e. The van der Waals surface area contributed by atoms with E-state index in [4.69, 9.17) is 9.47 Å². The fraction of sp³-hybridized carbons (Fsp3) is 0.292. The van der Waals surface area contributed by atoms with Gasteiger partial charge in [-0.1, -0.05) is 44.2 Å². The van der Waals surface area contributed by atoms with Crippen LogP contribution in [0.4, 0.5) is 5.69 Å². The highest BCUT2D eigenvalue weighted by atomic mass is 16.5. The lowest BCUT2D eigenvalue weighted by molar-refractivity contribution is 0.0978. The van der Waals surface area contributed by atoms with Gasteiger partial charge in [0.05, 0.1) is 12.7 Å².